The van der Waals surface area contributed by atoms with Crippen LogP contribution in [0.3, 0.4) is 0 Å². The van der Waals surface area contributed by atoms with Crippen LogP contribution in [0.4, 0.5) is 10.8 Å². The summed E-state index contributed by atoms with van der Waals surface area (Å²) in [5.74, 6) is 0.247. The van der Waals surface area contributed by atoms with Crippen LogP contribution in [0.2, 0.25) is 0 Å². The van der Waals surface area contributed by atoms with Crippen molar-refractivity contribution in [3.63, 3.8) is 0 Å². The number of ether oxygens (including phenoxy) is 1. The molecule has 1 fully saturated rings. The molecule has 1 aliphatic heterocycles. The molecule has 0 saturated carbocycles. The molecule has 0 aliphatic carbocycles. The summed E-state index contributed by atoms with van der Waals surface area (Å²) in [6.45, 7) is 3.71. The first kappa shape index (κ1) is 19.4. The summed E-state index contributed by atoms with van der Waals surface area (Å²) in [6.07, 6.45) is 4.89. The van der Waals surface area contributed by atoms with Crippen LogP contribution < -0.4 is 20.5 Å². The molecule has 0 atom stereocenters. The average Bonchev–Trinajstić information content (AvgIpc) is 3.16. The molecule has 4 rings (SSSR count). The van der Waals surface area contributed by atoms with Crippen molar-refractivity contribution in [2.24, 2.45) is 0 Å². The van der Waals surface area contributed by atoms with Crippen LogP contribution in [0.1, 0.15) is 24.8 Å². The Balaban J connectivity index is 1.55. The van der Waals surface area contributed by atoms with E-state index < -0.39 is 0 Å². The predicted octanol–water partition coefficient (Wildman–Crippen LogP) is 2.80. The van der Waals surface area contributed by atoms with Crippen molar-refractivity contribution >= 4 is 38.4 Å². The lowest BCUT2D eigenvalue weighted by atomic mass is 10.1. The highest BCUT2D eigenvalue weighted by atomic mass is 32.1. The fourth-order valence-electron chi connectivity index (χ4n) is 3.43. The van der Waals surface area contributed by atoms with Gasteiger partial charge in [0.05, 0.1) is 12.8 Å². The molecule has 0 radical (unpaired) electrons. The third-order valence-corrected chi connectivity index (χ3v) is 6.04. The number of methoxy groups -OCH3 is 1. The number of fused-ring (bicyclic) bond motifs is 1. The fraction of sp³-hybridized carbons (Fsp3) is 0.400. The number of carbonyl (C=O) groups excluding carboxylic acids is 1. The summed E-state index contributed by atoms with van der Waals surface area (Å²) < 4.78 is 7.08. The van der Waals surface area contributed by atoms with E-state index in [0.29, 0.717) is 21.8 Å². The summed E-state index contributed by atoms with van der Waals surface area (Å²) in [5.41, 5.74) is 1.76. The predicted molar refractivity (Wildman–Crippen MR) is 114 cm³/mol. The molecular formula is C20H23N5O3S. The van der Waals surface area contributed by atoms with E-state index in [9.17, 15) is 9.59 Å². The molecule has 0 bridgehead atoms. The number of anilines is 2. The maximum atomic E-state index is 12.9. The molecule has 1 aliphatic rings. The number of nitrogens with one attached hydrogen (secondary N) is 1. The summed E-state index contributed by atoms with van der Waals surface area (Å²) >= 11 is 1.35. The maximum Gasteiger partial charge on any atom is 0.273 e. The lowest BCUT2D eigenvalue weighted by Gasteiger charge is -2.25. The molecule has 2 aromatic heterocycles. The first-order chi connectivity index (χ1) is 14.0. The van der Waals surface area contributed by atoms with Crippen molar-refractivity contribution in [1.82, 2.24) is 14.5 Å². The number of benzene rings is 1. The van der Waals surface area contributed by atoms with Crippen LogP contribution in [-0.2, 0) is 11.3 Å². The SMILES string of the molecule is COc1ccc(C)cc1NC(=O)Cn1cnc2nc(N3CCCCC3)sc2c1=O. The molecule has 8 nitrogen and oxygen atoms in total. The largest absolute Gasteiger partial charge is 0.495 e. The van der Waals surface area contributed by atoms with Crippen LogP contribution in [0.15, 0.2) is 29.3 Å². The Morgan fingerprint density at radius 1 is 1.28 bits per heavy atom. The number of rotatable bonds is 5. The summed E-state index contributed by atoms with van der Waals surface area (Å²) in [5, 5.41) is 3.64. The Bertz CT molecular complexity index is 1100. The Morgan fingerprint density at radius 2 is 2.07 bits per heavy atom. The van der Waals surface area contributed by atoms with Crippen LogP contribution in [-0.4, -0.2) is 40.6 Å². The van der Waals surface area contributed by atoms with Crippen molar-refractivity contribution in [2.75, 3.05) is 30.4 Å². The lowest BCUT2D eigenvalue weighted by molar-refractivity contribution is -0.116. The Hall–Kier alpha value is -2.94. The Labute approximate surface area is 172 Å². The third-order valence-electron chi connectivity index (χ3n) is 4.94. The Kier molecular flexibility index (Phi) is 5.48. The summed E-state index contributed by atoms with van der Waals surface area (Å²) in [4.78, 5) is 36.4. The van der Waals surface area contributed by atoms with Gasteiger partial charge in [0.1, 0.15) is 23.3 Å². The van der Waals surface area contributed by atoms with Gasteiger partial charge in [-0.2, -0.15) is 4.98 Å². The van der Waals surface area contributed by atoms with E-state index in [1.54, 1.807) is 13.2 Å². The minimum atomic E-state index is -0.321. The molecule has 9 heteroatoms. The van der Waals surface area contributed by atoms with Crippen molar-refractivity contribution < 1.29 is 9.53 Å². The molecular weight excluding hydrogens is 390 g/mol. The third kappa shape index (κ3) is 4.09. The van der Waals surface area contributed by atoms with Gasteiger partial charge in [0, 0.05) is 13.1 Å². The van der Waals surface area contributed by atoms with E-state index >= 15 is 0 Å². The van der Waals surface area contributed by atoms with Gasteiger partial charge in [0.2, 0.25) is 5.91 Å². The van der Waals surface area contributed by atoms with Crippen LogP contribution in [0.5, 0.6) is 5.75 Å². The second-order valence-electron chi connectivity index (χ2n) is 7.13. The number of nitrogens with zero attached hydrogens (tertiary/aromatic N) is 4. The number of amides is 1. The van der Waals surface area contributed by atoms with E-state index in [4.69, 9.17) is 4.74 Å². The van der Waals surface area contributed by atoms with E-state index in [1.165, 1.54) is 28.7 Å². The highest BCUT2D eigenvalue weighted by molar-refractivity contribution is 7.22. The highest BCUT2D eigenvalue weighted by Gasteiger charge is 2.18. The van der Waals surface area contributed by atoms with E-state index in [0.717, 1.165) is 36.6 Å². The van der Waals surface area contributed by atoms with Crippen LogP contribution >= 0.6 is 11.3 Å². The van der Waals surface area contributed by atoms with Gasteiger partial charge >= 0.3 is 0 Å². The van der Waals surface area contributed by atoms with Gasteiger partial charge < -0.3 is 15.0 Å². The second-order valence-corrected chi connectivity index (χ2v) is 8.10. The van der Waals surface area contributed by atoms with Crippen molar-refractivity contribution in [2.45, 2.75) is 32.7 Å². The molecule has 0 unspecified atom stereocenters. The van der Waals surface area contributed by atoms with Gasteiger partial charge in [-0.1, -0.05) is 17.4 Å². The number of carbonyl (C=O) groups is 1. The first-order valence-corrected chi connectivity index (χ1v) is 10.4. The van der Waals surface area contributed by atoms with Gasteiger partial charge in [-0.05, 0) is 43.9 Å². The zero-order chi connectivity index (χ0) is 20.4. The maximum absolute atomic E-state index is 12.9. The number of thiazole rings is 1. The van der Waals surface area contributed by atoms with Crippen molar-refractivity contribution in [3.05, 3.63) is 40.4 Å². The van der Waals surface area contributed by atoms with Gasteiger partial charge in [0.15, 0.2) is 10.8 Å². The molecule has 3 aromatic rings. The molecule has 29 heavy (non-hydrogen) atoms. The molecule has 1 aromatic carbocycles. The molecule has 3 heterocycles. The molecule has 0 spiro atoms. The van der Waals surface area contributed by atoms with E-state index in [1.807, 2.05) is 19.1 Å². The monoisotopic (exact) mass is 413 g/mol. The van der Waals surface area contributed by atoms with Crippen LogP contribution in [0.25, 0.3) is 10.3 Å². The zero-order valence-electron chi connectivity index (χ0n) is 16.5. The van der Waals surface area contributed by atoms with Gasteiger partial charge in [0.25, 0.3) is 5.56 Å². The fourth-order valence-corrected chi connectivity index (χ4v) is 4.45. The number of piperidine rings is 1. The smallest absolute Gasteiger partial charge is 0.273 e. The lowest BCUT2D eigenvalue weighted by Crippen LogP contribution is -2.29. The number of aromatic nitrogens is 3. The first-order valence-electron chi connectivity index (χ1n) is 9.60. The van der Waals surface area contributed by atoms with Crippen molar-refractivity contribution in [3.8, 4) is 5.75 Å². The minimum Gasteiger partial charge on any atom is -0.495 e. The summed E-state index contributed by atoms with van der Waals surface area (Å²) in [6, 6.07) is 5.53. The standard InChI is InChI=1S/C20H23N5O3S/c1-13-6-7-15(28-2)14(10-13)22-16(26)11-25-12-21-18-17(19(25)27)29-20(23-18)24-8-4-3-5-9-24/h6-7,10,12H,3-5,8-9,11H2,1-2H3,(H,22,26). The number of hydrogen-bond acceptors (Lipinski definition) is 7. The van der Waals surface area contributed by atoms with Crippen molar-refractivity contribution in [1.29, 1.82) is 0 Å². The second kappa shape index (κ2) is 8.20. The average molecular weight is 414 g/mol. The Morgan fingerprint density at radius 3 is 2.83 bits per heavy atom. The molecule has 1 amide bonds. The topological polar surface area (TPSA) is 89.3 Å². The summed E-state index contributed by atoms with van der Waals surface area (Å²) in [7, 11) is 1.55. The quantitative estimate of drug-likeness (QED) is 0.692. The molecule has 152 valence electrons. The molecule has 1 N–H and O–H groups in total. The number of aryl methyl sites for hydroxylation is 1. The molecule has 1 saturated heterocycles. The highest BCUT2D eigenvalue weighted by Crippen LogP contribution is 2.28. The van der Waals surface area contributed by atoms with Crippen LogP contribution in [0, 0.1) is 6.92 Å². The minimum absolute atomic E-state index is 0.129. The van der Waals surface area contributed by atoms with Gasteiger partial charge in [-0.25, -0.2) is 4.98 Å². The number of hydrogen-bond donors (Lipinski definition) is 1. The normalized spacial score (nSPS) is 14.2. The van der Waals surface area contributed by atoms with E-state index in [2.05, 4.69) is 20.2 Å². The van der Waals surface area contributed by atoms with Gasteiger partial charge in [-0.15, -0.1) is 0 Å². The zero-order valence-corrected chi connectivity index (χ0v) is 17.3. The van der Waals surface area contributed by atoms with E-state index in [-0.39, 0.29) is 18.0 Å². The van der Waals surface area contributed by atoms with Gasteiger partial charge in [-0.3, -0.25) is 14.2 Å².